The quantitative estimate of drug-likeness (QED) is 0.130. The topological polar surface area (TPSA) is 288 Å². The van der Waals surface area contributed by atoms with E-state index >= 15 is 0 Å². The number of ketones is 1. The number of cyclic esters (lactones) is 2. The lowest BCUT2D eigenvalue weighted by molar-refractivity contribution is -0.162. The minimum Gasteiger partial charge on any atom is -0.497 e. The number of likely N-dealkylation sites (N-methyl/N-ethyl adjacent to an activating group) is 2. The number of fused-ring (bicyclic) bond motifs is 1. The van der Waals surface area contributed by atoms with E-state index in [-0.39, 0.29) is 57.0 Å². The van der Waals surface area contributed by atoms with Crippen LogP contribution in [0.25, 0.3) is 0 Å². The van der Waals surface area contributed by atoms with Gasteiger partial charge in [0.15, 0.2) is 12.4 Å². The Balaban J connectivity index is 1.85. The number of nitrogens with zero attached hydrogens (tertiary/aromatic N) is 4. The van der Waals surface area contributed by atoms with E-state index in [4.69, 9.17) is 14.2 Å². The molecule has 1 aromatic rings. The number of rotatable bonds is 14. The van der Waals surface area contributed by atoms with E-state index in [1.165, 1.54) is 61.6 Å². The molecule has 12 atom stereocenters. The van der Waals surface area contributed by atoms with Gasteiger partial charge >= 0.3 is 11.9 Å². The average Bonchev–Trinajstić information content (AvgIpc) is 4.08. The summed E-state index contributed by atoms with van der Waals surface area (Å²) in [6.07, 6.45) is -3.46. The number of hydrogen-bond acceptors (Lipinski definition) is 15. The van der Waals surface area contributed by atoms with Gasteiger partial charge in [0.25, 0.3) is 5.91 Å². The van der Waals surface area contributed by atoms with Gasteiger partial charge < -0.3 is 60.0 Å². The predicted molar refractivity (Wildman–Crippen MR) is 276 cm³/mol. The number of likely N-dealkylation sites (tertiary alicyclic amines) is 1. The fraction of sp³-hybridized carbons (Fsp3) is 0.704. The first kappa shape index (κ1) is 62.4. The molecule has 0 aromatic heterocycles. The van der Waals surface area contributed by atoms with Crippen molar-refractivity contribution in [3.63, 3.8) is 0 Å². The van der Waals surface area contributed by atoms with Crippen LogP contribution < -0.4 is 20.7 Å². The Morgan fingerprint density at radius 3 is 2.13 bits per heavy atom. The number of amides is 7. The van der Waals surface area contributed by atoms with Gasteiger partial charge in [0.05, 0.1) is 31.6 Å². The Kier molecular flexibility index (Phi) is 23.2. The van der Waals surface area contributed by atoms with Gasteiger partial charge in [0.2, 0.25) is 35.4 Å². The molecular weight excluding hydrogens is 987 g/mol. The van der Waals surface area contributed by atoms with Crippen LogP contribution in [0.5, 0.6) is 5.75 Å². The van der Waals surface area contributed by atoms with Gasteiger partial charge in [0.1, 0.15) is 54.2 Å². The van der Waals surface area contributed by atoms with Crippen molar-refractivity contribution in [2.45, 2.75) is 181 Å². The van der Waals surface area contributed by atoms with Crippen LogP contribution in [0.2, 0.25) is 0 Å². The SMILES string of the molecule is CC[C@H](C)[C@H]1NC(=O)[C@@H](NC(=O)[C@@H](CC(C)C)N(C)C(=O)C2CCCN2C(=O)[C@H](C)O)[C@@H](C)OC(=O)[C@H](Cc2ccc(OC)cc2)N(C)C(=O)[C@@H]2CCCN2C(=O)[C@H](CC(C)C)NC(=O)[C@@H](C)C(=O)COC(=O)C[C@@H]1O. The van der Waals surface area contributed by atoms with E-state index in [1.54, 1.807) is 38.1 Å². The average molecular weight is 1070 g/mol. The Labute approximate surface area is 446 Å². The highest BCUT2D eigenvalue weighted by Crippen LogP contribution is 2.27. The maximum Gasteiger partial charge on any atom is 0.329 e. The molecule has 76 heavy (non-hydrogen) atoms. The number of aliphatic hydroxyl groups excluding tert-OH is 2. The highest BCUT2D eigenvalue weighted by Gasteiger charge is 2.45. The second-order valence-electron chi connectivity index (χ2n) is 21.5. The van der Waals surface area contributed by atoms with Crippen LogP contribution >= 0.6 is 0 Å². The molecule has 3 aliphatic rings. The van der Waals surface area contributed by atoms with Crippen molar-refractivity contribution >= 4 is 59.1 Å². The summed E-state index contributed by atoms with van der Waals surface area (Å²) in [6, 6.07) is -2.13. The van der Waals surface area contributed by atoms with Crippen molar-refractivity contribution in [3.05, 3.63) is 29.8 Å². The first-order valence-corrected chi connectivity index (χ1v) is 26.7. The first-order valence-electron chi connectivity index (χ1n) is 26.7. The Morgan fingerprint density at radius 1 is 0.895 bits per heavy atom. The Bertz CT molecular complexity index is 2240. The Hall–Kier alpha value is -6.16. The normalized spacial score (nSPS) is 27.2. The molecule has 0 spiro atoms. The molecule has 1 aromatic carbocycles. The molecule has 3 fully saturated rings. The summed E-state index contributed by atoms with van der Waals surface area (Å²) in [7, 11) is 4.28. The third-order valence-electron chi connectivity index (χ3n) is 14.8. The van der Waals surface area contributed by atoms with E-state index < -0.39 is 145 Å². The van der Waals surface area contributed by atoms with Crippen LogP contribution in [0.4, 0.5) is 0 Å². The summed E-state index contributed by atoms with van der Waals surface area (Å²) < 4.78 is 16.7. The number of nitrogens with one attached hydrogen (secondary N) is 3. The van der Waals surface area contributed by atoms with Gasteiger partial charge in [-0.15, -0.1) is 0 Å². The zero-order valence-corrected chi connectivity index (χ0v) is 46.4. The molecule has 3 heterocycles. The molecule has 424 valence electrons. The van der Waals surface area contributed by atoms with Crippen molar-refractivity contribution < 1.29 is 72.4 Å². The van der Waals surface area contributed by atoms with Gasteiger partial charge in [0, 0.05) is 33.6 Å². The standard InChI is InChI=1S/C54H83N7O15/c1-13-31(6)45-42(63)27-44(65)75-28-43(64)32(7)47(66)55-37(24-29(2)3)51(70)61-23-15-17-39(61)53(72)59(11)41(26-35-18-20-36(74-12)21-19-35)54(73)76-34(9)46(49(68)56-45)57-48(67)40(25-30(4)5)58(10)52(71)38-16-14-22-60(38)50(69)33(8)62/h18-21,29-34,37-42,45-46,62-63H,13-17,22-28H2,1-12H3,(H,55,66)(H,56,68)(H,57,67)/t31-,32-,33-,34+,37-,38?,39-,40+,41-,42-,45+,46-/m0/s1. The molecule has 1 unspecified atom stereocenters. The zero-order chi connectivity index (χ0) is 56.9. The second kappa shape index (κ2) is 28.3. The number of ether oxygens (including phenoxy) is 3. The molecular formula is C54H83N7O15. The van der Waals surface area contributed by atoms with Gasteiger partial charge in [-0.3, -0.25) is 43.2 Å². The molecule has 22 heteroatoms. The predicted octanol–water partition coefficient (Wildman–Crippen LogP) is 1.29. The molecule has 3 aliphatic heterocycles. The van der Waals surface area contributed by atoms with E-state index in [0.29, 0.717) is 30.6 Å². The molecule has 7 amide bonds. The molecule has 0 aliphatic carbocycles. The second-order valence-corrected chi connectivity index (χ2v) is 21.5. The molecule has 0 bridgehead atoms. The number of esters is 2. The maximum absolute atomic E-state index is 14.9. The number of carbonyl (C=O) groups excluding carboxylic acids is 10. The summed E-state index contributed by atoms with van der Waals surface area (Å²) in [5, 5.41) is 29.9. The first-order chi connectivity index (χ1) is 35.7. The lowest BCUT2D eigenvalue weighted by Crippen LogP contribution is -2.62. The van der Waals surface area contributed by atoms with Gasteiger partial charge in [-0.1, -0.05) is 60.1 Å². The minimum absolute atomic E-state index is 0.0746. The van der Waals surface area contributed by atoms with Crippen molar-refractivity contribution in [2.75, 3.05) is 40.9 Å². The van der Waals surface area contributed by atoms with Crippen molar-refractivity contribution in [1.82, 2.24) is 35.6 Å². The van der Waals surface area contributed by atoms with E-state index in [0.717, 1.165) is 0 Å². The third kappa shape index (κ3) is 16.2. The summed E-state index contributed by atoms with van der Waals surface area (Å²) in [5.74, 6) is -9.61. The largest absolute Gasteiger partial charge is 0.497 e. The monoisotopic (exact) mass is 1070 g/mol. The van der Waals surface area contributed by atoms with E-state index in [2.05, 4.69) is 16.0 Å². The maximum atomic E-state index is 14.9. The number of methoxy groups -OCH3 is 1. The fourth-order valence-electron chi connectivity index (χ4n) is 9.91. The molecule has 5 N–H and O–H groups in total. The van der Waals surface area contributed by atoms with Gasteiger partial charge in [-0.2, -0.15) is 0 Å². The highest BCUT2D eigenvalue weighted by atomic mass is 16.5. The number of hydrogen-bond donors (Lipinski definition) is 5. The molecule has 0 radical (unpaired) electrons. The number of Topliss-reactive ketones (excluding diaryl/α,β-unsaturated/α-hetero) is 1. The smallest absolute Gasteiger partial charge is 0.329 e. The summed E-state index contributed by atoms with van der Waals surface area (Å²) in [6.45, 7) is 14.2. The van der Waals surface area contributed by atoms with E-state index in [1.807, 2.05) is 27.7 Å². The van der Waals surface area contributed by atoms with Crippen molar-refractivity contribution in [1.29, 1.82) is 0 Å². The number of benzene rings is 1. The molecule has 3 saturated heterocycles. The van der Waals surface area contributed by atoms with Crippen molar-refractivity contribution in [3.8, 4) is 5.75 Å². The van der Waals surface area contributed by atoms with E-state index in [9.17, 15) is 58.2 Å². The van der Waals surface area contributed by atoms with Crippen LogP contribution in [-0.2, 0) is 63.8 Å². The highest BCUT2D eigenvalue weighted by molar-refractivity contribution is 6.04. The number of aliphatic hydroxyl groups is 2. The van der Waals surface area contributed by atoms with Crippen LogP contribution in [0, 0.1) is 23.7 Å². The molecule has 0 saturated carbocycles. The van der Waals surface area contributed by atoms with Gasteiger partial charge in [-0.05, 0) is 94.7 Å². The summed E-state index contributed by atoms with van der Waals surface area (Å²) in [4.78, 5) is 146. The van der Waals surface area contributed by atoms with Crippen molar-refractivity contribution in [2.24, 2.45) is 23.7 Å². The lowest BCUT2D eigenvalue weighted by atomic mass is 9.92. The van der Waals surface area contributed by atoms with Crippen LogP contribution in [0.1, 0.15) is 119 Å². The number of carbonyl (C=O) groups is 10. The Morgan fingerprint density at radius 2 is 1.54 bits per heavy atom. The van der Waals surface area contributed by atoms with Crippen LogP contribution in [0.3, 0.4) is 0 Å². The summed E-state index contributed by atoms with van der Waals surface area (Å²) in [5.41, 5.74) is 0.571. The third-order valence-corrected chi connectivity index (χ3v) is 14.8. The fourth-order valence-corrected chi connectivity index (χ4v) is 9.91. The van der Waals surface area contributed by atoms with Gasteiger partial charge in [-0.25, -0.2) is 4.79 Å². The van der Waals surface area contributed by atoms with Crippen LogP contribution in [0.15, 0.2) is 24.3 Å². The zero-order valence-electron chi connectivity index (χ0n) is 46.4. The molecule has 4 rings (SSSR count). The lowest BCUT2D eigenvalue weighted by Gasteiger charge is -2.36. The molecule has 22 nitrogen and oxygen atoms in total. The van der Waals surface area contributed by atoms with Crippen LogP contribution in [-0.4, -0.2) is 190 Å². The minimum atomic E-state index is -1.76. The summed E-state index contributed by atoms with van der Waals surface area (Å²) >= 11 is 0.